The predicted molar refractivity (Wildman–Crippen MR) is 82.9 cm³/mol. The number of para-hydroxylation sites is 1. The van der Waals surface area contributed by atoms with Gasteiger partial charge in [0.05, 0.1) is 6.42 Å². The quantitative estimate of drug-likeness (QED) is 0.783. The Hall–Kier alpha value is -2.30. The highest BCUT2D eigenvalue weighted by Gasteiger charge is 2.17. The molecule has 1 heterocycles. The minimum Gasteiger partial charge on any atom is -0.361 e. The lowest BCUT2D eigenvalue weighted by molar-refractivity contribution is -0.128. The number of nitrogens with one attached hydrogen (secondary N) is 3. The topological polar surface area (TPSA) is 74.0 Å². The zero-order valence-electron chi connectivity index (χ0n) is 12.6. The van der Waals surface area contributed by atoms with Crippen molar-refractivity contribution in [2.75, 3.05) is 0 Å². The van der Waals surface area contributed by atoms with Gasteiger partial charge >= 0.3 is 0 Å². The van der Waals surface area contributed by atoms with Crippen molar-refractivity contribution in [3.8, 4) is 0 Å². The van der Waals surface area contributed by atoms with Crippen molar-refractivity contribution in [1.82, 2.24) is 15.6 Å². The molecule has 0 bridgehead atoms. The van der Waals surface area contributed by atoms with Crippen molar-refractivity contribution in [2.24, 2.45) is 0 Å². The van der Waals surface area contributed by atoms with E-state index >= 15 is 0 Å². The zero-order chi connectivity index (χ0) is 15.4. The highest BCUT2D eigenvalue weighted by Crippen LogP contribution is 2.17. The molecule has 1 aromatic carbocycles. The number of fused-ring (bicyclic) bond motifs is 1. The molecule has 2 aromatic rings. The molecule has 2 rings (SSSR count). The Balaban J connectivity index is 1.97. The molecule has 112 valence electrons. The molecule has 1 unspecified atom stereocenters. The van der Waals surface area contributed by atoms with E-state index in [0.29, 0.717) is 0 Å². The Bertz CT molecular complexity index is 646. The molecule has 21 heavy (non-hydrogen) atoms. The molecule has 2 amide bonds. The summed E-state index contributed by atoms with van der Waals surface area (Å²) in [5, 5.41) is 6.53. The van der Waals surface area contributed by atoms with Crippen LogP contribution in [0, 0.1) is 0 Å². The van der Waals surface area contributed by atoms with Crippen LogP contribution in [0.15, 0.2) is 30.5 Å². The number of aromatic nitrogens is 1. The first-order valence-electron chi connectivity index (χ1n) is 7.12. The van der Waals surface area contributed by atoms with Crippen molar-refractivity contribution < 1.29 is 9.59 Å². The number of aromatic amines is 1. The van der Waals surface area contributed by atoms with Crippen molar-refractivity contribution in [3.05, 3.63) is 36.0 Å². The predicted octanol–water partition coefficient (Wildman–Crippen LogP) is 1.74. The molecule has 1 aromatic heterocycles. The van der Waals surface area contributed by atoms with Crippen LogP contribution in [0.4, 0.5) is 0 Å². The molecular weight excluding hydrogens is 266 g/mol. The summed E-state index contributed by atoms with van der Waals surface area (Å²) in [5.41, 5.74) is 1.94. The Labute approximate surface area is 124 Å². The van der Waals surface area contributed by atoms with Gasteiger partial charge in [-0.2, -0.15) is 0 Å². The van der Waals surface area contributed by atoms with Gasteiger partial charge in [0, 0.05) is 23.1 Å². The normalized spacial score (nSPS) is 12.4. The fraction of sp³-hybridized carbons (Fsp3) is 0.375. The van der Waals surface area contributed by atoms with Crippen molar-refractivity contribution in [3.63, 3.8) is 0 Å². The Kier molecular flexibility index (Phi) is 4.62. The Morgan fingerprint density at radius 2 is 1.86 bits per heavy atom. The minimum absolute atomic E-state index is 0.0606. The standard InChI is InChI=1S/C16H21N3O2/c1-10(2)18-16(21)11(3)19-15(20)8-12-9-17-14-7-5-4-6-13(12)14/h4-7,9-11,17H,8H2,1-3H3,(H,18,21)(H,19,20). The number of benzene rings is 1. The molecule has 5 nitrogen and oxygen atoms in total. The fourth-order valence-electron chi connectivity index (χ4n) is 2.22. The van der Waals surface area contributed by atoms with Gasteiger partial charge in [-0.3, -0.25) is 9.59 Å². The monoisotopic (exact) mass is 287 g/mol. The zero-order valence-corrected chi connectivity index (χ0v) is 12.6. The maximum absolute atomic E-state index is 12.0. The van der Waals surface area contributed by atoms with Crippen LogP contribution >= 0.6 is 0 Å². The van der Waals surface area contributed by atoms with Crippen LogP contribution in [0.3, 0.4) is 0 Å². The molecule has 0 aliphatic heterocycles. The van der Waals surface area contributed by atoms with E-state index in [2.05, 4.69) is 15.6 Å². The summed E-state index contributed by atoms with van der Waals surface area (Å²) in [6.45, 7) is 5.46. The van der Waals surface area contributed by atoms with E-state index < -0.39 is 6.04 Å². The minimum atomic E-state index is -0.537. The highest BCUT2D eigenvalue weighted by molar-refractivity contribution is 5.91. The van der Waals surface area contributed by atoms with Crippen LogP contribution in [0.1, 0.15) is 26.3 Å². The number of carbonyl (C=O) groups is 2. The molecule has 0 radical (unpaired) electrons. The van der Waals surface area contributed by atoms with E-state index in [0.717, 1.165) is 16.5 Å². The summed E-state index contributed by atoms with van der Waals surface area (Å²) in [5.74, 6) is -0.330. The molecule has 1 atom stereocenters. The summed E-state index contributed by atoms with van der Waals surface area (Å²) >= 11 is 0. The maximum Gasteiger partial charge on any atom is 0.242 e. The molecule has 0 fully saturated rings. The third-order valence-corrected chi connectivity index (χ3v) is 3.23. The second kappa shape index (κ2) is 6.43. The van der Waals surface area contributed by atoms with Crippen molar-refractivity contribution in [1.29, 1.82) is 0 Å². The van der Waals surface area contributed by atoms with Crippen LogP contribution in [-0.4, -0.2) is 28.9 Å². The Morgan fingerprint density at radius 3 is 2.57 bits per heavy atom. The number of rotatable bonds is 5. The molecule has 0 aliphatic rings. The van der Waals surface area contributed by atoms with Crippen molar-refractivity contribution in [2.45, 2.75) is 39.3 Å². The van der Waals surface area contributed by atoms with E-state index in [1.807, 2.05) is 44.3 Å². The lowest BCUT2D eigenvalue weighted by Crippen LogP contribution is -2.47. The Morgan fingerprint density at radius 1 is 1.14 bits per heavy atom. The number of hydrogen-bond donors (Lipinski definition) is 3. The first kappa shape index (κ1) is 15.1. The molecule has 5 heteroatoms. The summed E-state index contributed by atoms with van der Waals surface area (Å²) in [7, 11) is 0. The number of amides is 2. The first-order chi connectivity index (χ1) is 9.97. The van der Waals surface area contributed by atoms with Gasteiger partial charge in [-0.25, -0.2) is 0 Å². The SMILES string of the molecule is CC(C)NC(=O)C(C)NC(=O)Cc1c[nH]c2ccccc12. The highest BCUT2D eigenvalue weighted by atomic mass is 16.2. The molecule has 0 saturated carbocycles. The van der Waals surface area contributed by atoms with E-state index in [1.54, 1.807) is 6.92 Å². The third-order valence-electron chi connectivity index (χ3n) is 3.23. The van der Waals surface area contributed by atoms with E-state index in [4.69, 9.17) is 0 Å². The largest absolute Gasteiger partial charge is 0.361 e. The first-order valence-corrected chi connectivity index (χ1v) is 7.12. The van der Waals surface area contributed by atoms with Crippen LogP contribution < -0.4 is 10.6 Å². The summed E-state index contributed by atoms with van der Waals surface area (Å²) in [6.07, 6.45) is 2.09. The van der Waals surface area contributed by atoms with Crippen LogP contribution in [0.25, 0.3) is 10.9 Å². The number of H-pyrrole nitrogens is 1. The van der Waals surface area contributed by atoms with E-state index in [-0.39, 0.29) is 24.3 Å². The van der Waals surface area contributed by atoms with E-state index in [1.165, 1.54) is 0 Å². The maximum atomic E-state index is 12.0. The average molecular weight is 287 g/mol. The summed E-state index contributed by atoms with van der Waals surface area (Å²) in [6, 6.07) is 7.35. The van der Waals surface area contributed by atoms with Gasteiger partial charge in [0.15, 0.2) is 0 Å². The smallest absolute Gasteiger partial charge is 0.242 e. The van der Waals surface area contributed by atoms with Gasteiger partial charge in [-0.1, -0.05) is 18.2 Å². The second-order valence-corrected chi connectivity index (χ2v) is 5.49. The van der Waals surface area contributed by atoms with Gasteiger partial charge < -0.3 is 15.6 Å². The van der Waals surface area contributed by atoms with Crippen LogP contribution in [-0.2, 0) is 16.0 Å². The van der Waals surface area contributed by atoms with Gasteiger partial charge in [0.25, 0.3) is 0 Å². The summed E-state index contributed by atoms with van der Waals surface area (Å²) < 4.78 is 0. The molecular formula is C16H21N3O2. The lowest BCUT2D eigenvalue weighted by atomic mass is 10.1. The fourth-order valence-corrected chi connectivity index (χ4v) is 2.22. The number of carbonyl (C=O) groups excluding carboxylic acids is 2. The van der Waals surface area contributed by atoms with Gasteiger partial charge in [0.2, 0.25) is 11.8 Å². The van der Waals surface area contributed by atoms with Crippen molar-refractivity contribution >= 4 is 22.7 Å². The number of hydrogen-bond acceptors (Lipinski definition) is 2. The second-order valence-electron chi connectivity index (χ2n) is 5.49. The summed E-state index contributed by atoms with van der Waals surface area (Å²) in [4.78, 5) is 27.0. The van der Waals surface area contributed by atoms with Gasteiger partial charge in [-0.05, 0) is 32.4 Å². The van der Waals surface area contributed by atoms with Crippen LogP contribution in [0.5, 0.6) is 0 Å². The van der Waals surface area contributed by atoms with E-state index in [9.17, 15) is 9.59 Å². The van der Waals surface area contributed by atoms with Gasteiger partial charge in [0.1, 0.15) is 6.04 Å². The third kappa shape index (κ3) is 3.84. The molecule has 0 spiro atoms. The van der Waals surface area contributed by atoms with Crippen LogP contribution in [0.2, 0.25) is 0 Å². The molecule has 3 N–H and O–H groups in total. The average Bonchev–Trinajstić information content (AvgIpc) is 2.81. The lowest BCUT2D eigenvalue weighted by Gasteiger charge is -2.15. The molecule has 0 aliphatic carbocycles. The molecule has 0 saturated heterocycles. The van der Waals surface area contributed by atoms with Gasteiger partial charge in [-0.15, -0.1) is 0 Å².